The third-order valence-electron chi connectivity index (χ3n) is 5.23. The molecule has 2 aromatic heterocycles. The number of hydrogen-bond donors (Lipinski definition) is 0. The topological polar surface area (TPSA) is 52.4 Å². The molecule has 0 saturated carbocycles. The van der Waals surface area contributed by atoms with Crippen LogP contribution in [0.3, 0.4) is 0 Å². The van der Waals surface area contributed by atoms with Crippen LogP contribution < -0.4 is 4.74 Å². The Morgan fingerprint density at radius 1 is 1.48 bits per heavy atom. The number of halogens is 1. The van der Waals surface area contributed by atoms with Crippen molar-refractivity contribution < 1.29 is 13.9 Å². The predicted octanol–water partition coefficient (Wildman–Crippen LogP) is 2.01. The summed E-state index contributed by atoms with van der Waals surface area (Å²) in [5.41, 5.74) is 1.09. The average Bonchev–Trinajstić information content (AvgIpc) is 3.20. The van der Waals surface area contributed by atoms with Crippen LogP contribution in [-0.4, -0.2) is 52.1 Å². The van der Waals surface area contributed by atoms with Crippen LogP contribution in [0, 0.1) is 11.2 Å². The van der Waals surface area contributed by atoms with Crippen LogP contribution in [0.5, 0.6) is 5.88 Å². The maximum atomic E-state index is 13.8. The summed E-state index contributed by atoms with van der Waals surface area (Å²) in [5.74, 6) is -0.343. The summed E-state index contributed by atoms with van der Waals surface area (Å²) in [7, 11) is 1.93. The molecule has 2 aliphatic heterocycles. The van der Waals surface area contributed by atoms with Crippen molar-refractivity contribution in [3.8, 4) is 5.88 Å². The quantitative estimate of drug-likeness (QED) is 0.829. The van der Waals surface area contributed by atoms with Gasteiger partial charge in [0.05, 0.1) is 18.9 Å². The Labute approximate surface area is 146 Å². The predicted molar refractivity (Wildman–Crippen MR) is 89.6 cm³/mol. The van der Waals surface area contributed by atoms with Crippen LogP contribution in [0.25, 0.3) is 0 Å². The molecule has 6 nitrogen and oxygen atoms in total. The molecule has 0 unspecified atom stereocenters. The van der Waals surface area contributed by atoms with Crippen molar-refractivity contribution in [1.82, 2.24) is 19.7 Å². The van der Waals surface area contributed by atoms with Crippen molar-refractivity contribution in [1.29, 1.82) is 0 Å². The van der Waals surface area contributed by atoms with Gasteiger partial charge in [0.25, 0.3) is 0 Å². The van der Waals surface area contributed by atoms with Gasteiger partial charge in [0.2, 0.25) is 5.88 Å². The molecule has 2 aliphatic rings. The summed E-state index contributed by atoms with van der Waals surface area (Å²) < 4.78 is 27.4. The van der Waals surface area contributed by atoms with Crippen LogP contribution in [0.15, 0.2) is 30.7 Å². The number of aryl methyl sites for hydroxylation is 1. The van der Waals surface area contributed by atoms with E-state index in [0.717, 1.165) is 39.1 Å². The number of ether oxygens (including phenoxy) is 2. The second kappa shape index (κ2) is 6.72. The number of pyridine rings is 1. The molecule has 0 radical (unpaired) electrons. The lowest BCUT2D eigenvalue weighted by Crippen LogP contribution is -2.52. The van der Waals surface area contributed by atoms with Gasteiger partial charge in [-0.25, -0.2) is 9.37 Å². The monoisotopic (exact) mass is 346 g/mol. The van der Waals surface area contributed by atoms with Crippen LogP contribution in [0.1, 0.15) is 18.4 Å². The molecule has 0 spiro atoms. The Kier molecular flexibility index (Phi) is 4.43. The lowest BCUT2D eigenvalue weighted by Gasteiger charge is -2.43. The van der Waals surface area contributed by atoms with Crippen molar-refractivity contribution in [2.45, 2.75) is 25.5 Å². The first-order valence-electron chi connectivity index (χ1n) is 8.69. The first-order valence-corrected chi connectivity index (χ1v) is 8.69. The minimum Gasteiger partial charge on any atom is -0.475 e. The summed E-state index contributed by atoms with van der Waals surface area (Å²) in [4.78, 5) is 6.42. The molecule has 0 aromatic carbocycles. The average molecular weight is 346 g/mol. The molecule has 0 bridgehead atoms. The van der Waals surface area contributed by atoms with Crippen LogP contribution in [-0.2, 0) is 18.3 Å². The van der Waals surface area contributed by atoms with Gasteiger partial charge in [-0.3, -0.25) is 9.58 Å². The first-order chi connectivity index (χ1) is 12.1. The van der Waals surface area contributed by atoms with E-state index in [1.807, 2.05) is 24.1 Å². The third-order valence-corrected chi connectivity index (χ3v) is 5.23. The Balaban J connectivity index is 1.46. The van der Waals surface area contributed by atoms with E-state index in [2.05, 4.69) is 15.0 Å². The van der Waals surface area contributed by atoms with Crippen molar-refractivity contribution in [3.05, 3.63) is 42.1 Å². The molecule has 2 aromatic rings. The number of hydrogen-bond acceptors (Lipinski definition) is 5. The molecule has 2 fully saturated rings. The minimum absolute atomic E-state index is 0.0758. The highest BCUT2D eigenvalue weighted by Crippen LogP contribution is 2.41. The molecule has 2 atom stereocenters. The zero-order valence-corrected chi connectivity index (χ0v) is 14.4. The molecular weight excluding hydrogens is 323 g/mol. The number of nitrogens with zero attached hydrogens (tertiary/aromatic N) is 4. The molecular formula is C18H23FN4O2. The highest BCUT2D eigenvalue weighted by Gasteiger charge is 2.48. The number of rotatable bonds is 5. The van der Waals surface area contributed by atoms with E-state index in [0.29, 0.717) is 6.61 Å². The van der Waals surface area contributed by atoms with Crippen molar-refractivity contribution in [3.63, 3.8) is 0 Å². The van der Waals surface area contributed by atoms with Crippen molar-refractivity contribution in [2.24, 2.45) is 12.5 Å². The lowest BCUT2D eigenvalue weighted by molar-refractivity contribution is -0.0425. The summed E-state index contributed by atoms with van der Waals surface area (Å²) >= 11 is 0. The van der Waals surface area contributed by atoms with Gasteiger partial charge in [-0.15, -0.1) is 0 Å². The van der Waals surface area contributed by atoms with Gasteiger partial charge in [0.1, 0.15) is 0 Å². The van der Waals surface area contributed by atoms with Gasteiger partial charge < -0.3 is 9.47 Å². The normalized spacial score (nSPS) is 26.6. The molecule has 0 N–H and O–H groups in total. The highest BCUT2D eigenvalue weighted by molar-refractivity contribution is 5.13. The lowest BCUT2D eigenvalue weighted by atomic mass is 9.77. The van der Waals surface area contributed by atoms with E-state index in [1.54, 1.807) is 12.3 Å². The Morgan fingerprint density at radius 2 is 2.40 bits per heavy atom. The number of likely N-dealkylation sites (tertiary alicyclic amines) is 1. The maximum absolute atomic E-state index is 13.8. The Morgan fingerprint density at radius 3 is 3.20 bits per heavy atom. The number of fused-ring (bicyclic) bond motifs is 1. The fourth-order valence-electron chi connectivity index (χ4n) is 3.98. The first kappa shape index (κ1) is 16.5. The van der Waals surface area contributed by atoms with Gasteiger partial charge in [-0.2, -0.15) is 5.10 Å². The largest absolute Gasteiger partial charge is 0.475 e. The van der Waals surface area contributed by atoms with Gasteiger partial charge in [-0.1, -0.05) is 0 Å². The van der Waals surface area contributed by atoms with Gasteiger partial charge in [0, 0.05) is 56.7 Å². The summed E-state index contributed by atoms with van der Waals surface area (Å²) in [5, 5.41) is 4.24. The van der Waals surface area contributed by atoms with E-state index in [4.69, 9.17) is 9.47 Å². The molecule has 134 valence electrons. The van der Waals surface area contributed by atoms with E-state index in [9.17, 15) is 4.39 Å². The molecule has 4 heterocycles. The Hall–Kier alpha value is -1.99. The van der Waals surface area contributed by atoms with Crippen LogP contribution in [0.4, 0.5) is 4.39 Å². The van der Waals surface area contributed by atoms with Gasteiger partial charge in [-0.05, 0) is 25.0 Å². The molecule has 0 amide bonds. The SMILES string of the molecule is Cn1cc(CN2CC[C@H]3OCC[C@@]3(COc3ncccc3F)C2)cn1. The van der Waals surface area contributed by atoms with Crippen LogP contribution >= 0.6 is 0 Å². The summed E-state index contributed by atoms with van der Waals surface area (Å²) in [6.45, 7) is 3.88. The smallest absolute Gasteiger partial charge is 0.250 e. The van der Waals surface area contributed by atoms with E-state index in [1.165, 1.54) is 11.6 Å². The van der Waals surface area contributed by atoms with E-state index < -0.39 is 5.82 Å². The second-order valence-electron chi connectivity index (χ2n) is 7.07. The number of aromatic nitrogens is 3. The van der Waals surface area contributed by atoms with Crippen molar-refractivity contribution >= 4 is 0 Å². The molecule has 7 heteroatoms. The summed E-state index contributed by atoms with van der Waals surface area (Å²) in [6.07, 6.45) is 7.57. The summed E-state index contributed by atoms with van der Waals surface area (Å²) in [6, 6.07) is 2.94. The molecule has 0 aliphatic carbocycles. The minimum atomic E-state index is -0.419. The van der Waals surface area contributed by atoms with E-state index in [-0.39, 0.29) is 17.4 Å². The fraction of sp³-hybridized carbons (Fsp3) is 0.556. The number of piperidine rings is 1. The zero-order valence-electron chi connectivity index (χ0n) is 14.4. The van der Waals surface area contributed by atoms with Gasteiger partial charge >= 0.3 is 0 Å². The highest BCUT2D eigenvalue weighted by atomic mass is 19.1. The van der Waals surface area contributed by atoms with Crippen molar-refractivity contribution in [2.75, 3.05) is 26.3 Å². The third kappa shape index (κ3) is 3.39. The van der Waals surface area contributed by atoms with E-state index >= 15 is 0 Å². The molecule has 4 rings (SSSR count). The standard InChI is InChI=1S/C18H23FN4O2/c1-22-10-14(9-21-22)11-23-7-4-16-18(12-23,5-8-24-16)13-25-17-15(19)3-2-6-20-17/h2-3,6,9-10,16H,4-5,7-8,11-13H2,1H3/t16-,18+/m1/s1. The maximum Gasteiger partial charge on any atom is 0.250 e. The molecule has 2 saturated heterocycles. The fourth-order valence-corrected chi connectivity index (χ4v) is 3.98. The van der Waals surface area contributed by atoms with Gasteiger partial charge in [0.15, 0.2) is 5.82 Å². The Bertz CT molecular complexity index is 737. The zero-order chi connectivity index (χ0) is 17.3. The molecule has 25 heavy (non-hydrogen) atoms. The second-order valence-corrected chi connectivity index (χ2v) is 7.07. The van der Waals surface area contributed by atoms with Crippen LogP contribution in [0.2, 0.25) is 0 Å².